The Balaban J connectivity index is 1.67. The van der Waals surface area contributed by atoms with Crippen LogP contribution in [0.15, 0.2) is 52.2 Å². The van der Waals surface area contributed by atoms with Gasteiger partial charge in [0.2, 0.25) is 10.0 Å². The van der Waals surface area contributed by atoms with E-state index in [1.807, 2.05) is 32.0 Å². The smallest absolute Gasteiger partial charge is 0.251 e. The molecule has 0 fully saturated rings. The van der Waals surface area contributed by atoms with Crippen LogP contribution in [0.1, 0.15) is 40.9 Å². The summed E-state index contributed by atoms with van der Waals surface area (Å²) >= 11 is 0. The number of rotatable bonds is 8. The summed E-state index contributed by atoms with van der Waals surface area (Å²) in [5.74, 6) is -0.319. The van der Waals surface area contributed by atoms with E-state index in [1.54, 1.807) is 13.8 Å². The van der Waals surface area contributed by atoms with E-state index in [4.69, 9.17) is 0 Å². The number of hydrogen-bond donors (Lipinski definition) is 2. The maximum Gasteiger partial charge on any atom is 0.251 e. The van der Waals surface area contributed by atoms with Gasteiger partial charge in [0.25, 0.3) is 11.5 Å². The summed E-state index contributed by atoms with van der Waals surface area (Å²) < 4.78 is 26.5. The fraction of sp³-hybridized carbons (Fsp3) is 0.333. The molecule has 7 nitrogen and oxygen atoms in total. The minimum atomic E-state index is -3.56. The van der Waals surface area contributed by atoms with Crippen molar-refractivity contribution in [2.24, 2.45) is 0 Å². The zero-order chi connectivity index (χ0) is 23.5. The van der Waals surface area contributed by atoms with E-state index < -0.39 is 10.0 Å². The highest BCUT2D eigenvalue weighted by Gasteiger charge is 2.21. The molecule has 8 heteroatoms. The summed E-state index contributed by atoms with van der Waals surface area (Å²) in [7, 11) is -3.56. The van der Waals surface area contributed by atoms with E-state index in [-0.39, 0.29) is 22.9 Å². The van der Waals surface area contributed by atoms with Gasteiger partial charge in [-0.25, -0.2) is 8.42 Å². The quantitative estimate of drug-likeness (QED) is 0.545. The Hall–Kier alpha value is -2.97. The van der Waals surface area contributed by atoms with Crippen molar-refractivity contribution in [1.29, 1.82) is 0 Å². The number of amides is 1. The molecular formula is C24H29N3O4S. The molecule has 1 amide bonds. The largest absolute Gasteiger partial charge is 0.352 e. The van der Waals surface area contributed by atoms with Crippen molar-refractivity contribution in [3.05, 3.63) is 75.1 Å². The SMILES string of the molecule is CCN(CC)S(=O)(=O)c1ccc(C(=O)NCCc2cc3ccc(C)c(C)c3[nH]c2=O)cc1. The van der Waals surface area contributed by atoms with Crippen LogP contribution in [0.2, 0.25) is 0 Å². The zero-order valence-corrected chi connectivity index (χ0v) is 19.7. The number of aromatic nitrogens is 1. The van der Waals surface area contributed by atoms with Crippen molar-refractivity contribution in [3.8, 4) is 0 Å². The van der Waals surface area contributed by atoms with Crippen LogP contribution in [0.25, 0.3) is 10.9 Å². The molecule has 0 saturated carbocycles. The third-order valence-electron chi connectivity index (χ3n) is 5.77. The first kappa shape index (κ1) is 23.7. The Kier molecular flexibility index (Phi) is 7.16. The van der Waals surface area contributed by atoms with Crippen molar-refractivity contribution in [1.82, 2.24) is 14.6 Å². The van der Waals surface area contributed by atoms with Crippen molar-refractivity contribution >= 4 is 26.8 Å². The Morgan fingerprint density at radius 3 is 2.31 bits per heavy atom. The van der Waals surface area contributed by atoms with Gasteiger partial charge >= 0.3 is 0 Å². The van der Waals surface area contributed by atoms with Gasteiger partial charge < -0.3 is 10.3 Å². The predicted molar refractivity (Wildman–Crippen MR) is 127 cm³/mol. The summed E-state index contributed by atoms with van der Waals surface area (Å²) in [6.45, 7) is 8.60. The van der Waals surface area contributed by atoms with Gasteiger partial charge in [0.05, 0.1) is 10.4 Å². The first-order valence-corrected chi connectivity index (χ1v) is 12.1. The second kappa shape index (κ2) is 9.67. The standard InChI is InChI=1S/C24H29N3O4S/c1-5-27(6-2)32(30,31)21-11-9-18(10-12-21)23(28)25-14-13-20-15-19-8-7-16(3)17(4)22(19)26-24(20)29/h7-12,15H,5-6,13-14H2,1-4H3,(H,25,28)(H,26,29). The maximum absolute atomic E-state index is 12.6. The summed E-state index contributed by atoms with van der Waals surface area (Å²) in [4.78, 5) is 28.0. The average Bonchev–Trinajstić information content (AvgIpc) is 2.78. The molecule has 32 heavy (non-hydrogen) atoms. The molecule has 0 spiro atoms. The van der Waals surface area contributed by atoms with Crippen LogP contribution in [0, 0.1) is 13.8 Å². The number of carbonyl (C=O) groups excluding carboxylic acids is 1. The van der Waals surface area contributed by atoms with Gasteiger partial charge in [-0.05, 0) is 67.1 Å². The van der Waals surface area contributed by atoms with Crippen molar-refractivity contribution < 1.29 is 13.2 Å². The third-order valence-corrected chi connectivity index (χ3v) is 7.83. The normalized spacial score (nSPS) is 11.8. The molecule has 0 radical (unpaired) electrons. The van der Waals surface area contributed by atoms with E-state index >= 15 is 0 Å². The maximum atomic E-state index is 12.6. The molecule has 3 rings (SSSR count). The molecular weight excluding hydrogens is 426 g/mol. The van der Waals surface area contributed by atoms with E-state index in [1.165, 1.54) is 28.6 Å². The lowest BCUT2D eigenvalue weighted by atomic mass is 10.0. The number of aromatic amines is 1. The lowest BCUT2D eigenvalue weighted by Gasteiger charge is -2.18. The monoisotopic (exact) mass is 455 g/mol. The van der Waals surface area contributed by atoms with E-state index in [9.17, 15) is 18.0 Å². The number of benzene rings is 2. The number of fused-ring (bicyclic) bond motifs is 1. The molecule has 0 saturated heterocycles. The van der Waals surface area contributed by atoms with Crippen molar-refractivity contribution in [2.75, 3.05) is 19.6 Å². The first-order chi connectivity index (χ1) is 15.2. The van der Waals surface area contributed by atoms with Crippen molar-refractivity contribution in [2.45, 2.75) is 39.0 Å². The van der Waals surface area contributed by atoms with Gasteiger partial charge in [-0.3, -0.25) is 9.59 Å². The Bertz CT molecular complexity index is 1290. The average molecular weight is 456 g/mol. The number of nitrogens with one attached hydrogen (secondary N) is 2. The van der Waals surface area contributed by atoms with Gasteiger partial charge in [0.1, 0.15) is 0 Å². The van der Waals surface area contributed by atoms with Crippen LogP contribution >= 0.6 is 0 Å². The molecule has 0 unspecified atom stereocenters. The number of hydrogen-bond acceptors (Lipinski definition) is 4. The first-order valence-electron chi connectivity index (χ1n) is 10.7. The molecule has 0 aliphatic carbocycles. The van der Waals surface area contributed by atoms with E-state index in [0.29, 0.717) is 30.6 Å². The summed E-state index contributed by atoms with van der Waals surface area (Å²) in [6.07, 6.45) is 0.387. The Labute approximate surface area is 188 Å². The molecule has 1 aromatic heterocycles. The van der Waals surface area contributed by atoms with Gasteiger partial charge in [0.15, 0.2) is 0 Å². The zero-order valence-electron chi connectivity index (χ0n) is 18.9. The van der Waals surface area contributed by atoms with Crippen LogP contribution in [0.5, 0.6) is 0 Å². The molecule has 170 valence electrons. The number of nitrogens with zero attached hydrogens (tertiary/aromatic N) is 1. The topological polar surface area (TPSA) is 99.3 Å². The van der Waals surface area contributed by atoms with Gasteiger partial charge in [-0.15, -0.1) is 0 Å². The number of sulfonamides is 1. The predicted octanol–water partition coefficient (Wildman–Crippen LogP) is 3.15. The van der Waals surface area contributed by atoms with Crippen molar-refractivity contribution in [3.63, 3.8) is 0 Å². The number of aryl methyl sites for hydroxylation is 2. The highest BCUT2D eigenvalue weighted by molar-refractivity contribution is 7.89. The van der Waals surface area contributed by atoms with Crippen LogP contribution in [-0.2, 0) is 16.4 Å². The summed E-state index contributed by atoms with van der Waals surface area (Å²) in [5, 5.41) is 3.75. The molecule has 3 aromatic rings. The summed E-state index contributed by atoms with van der Waals surface area (Å²) in [6, 6.07) is 11.7. The van der Waals surface area contributed by atoms with Crippen LogP contribution in [-0.4, -0.2) is 43.2 Å². The molecule has 1 heterocycles. The van der Waals surface area contributed by atoms with Crippen LogP contribution < -0.4 is 10.9 Å². The number of carbonyl (C=O) groups is 1. The molecule has 0 aliphatic heterocycles. The van der Waals surface area contributed by atoms with Gasteiger partial charge in [-0.1, -0.05) is 26.0 Å². The Morgan fingerprint density at radius 1 is 1.03 bits per heavy atom. The minimum absolute atomic E-state index is 0.158. The third kappa shape index (κ3) is 4.76. The lowest BCUT2D eigenvalue weighted by Crippen LogP contribution is -2.30. The molecule has 0 bridgehead atoms. The van der Waals surface area contributed by atoms with Gasteiger partial charge in [-0.2, -0.15) is 4.31 Å². The van der Waals surface area contributed by atoms with Gasteiger partial charge in [0, 0.05) is 30.8 Å². The van der Waals surface area contributed by atoms with Crippen LogP contribution in [0.3, 0.4) is 0 Å². The van der Waals surface area contributed by atoms with E-state index in [2.05, 4.69) is 10.3 Å². The van der Waals surface area contributed by atoms with Crippen LogP contribution in [0.4, 0.5) is 0 Å². The fourth-order valence-electron chi connectivity index (χ4n) is 3.66. The second-order valence-corrected chi connectivity index (χ2v) is 9.65. The fourth-order valence-corrected chi connectivity index (χ4v) is 5.12. The molecule has 0 aliphatic rings. The second-order valence-electron chi connectivity index (χ2n) is 7.71. The summed E-state index contributed by atoms with van der Waals surface area (Å²) in [5.41, 5.74) is 3.80. The molecule has 2 N–H and O–H groups in total. The number of pyridine rings is 1. The van der Waals surface area contributed by atoms with E-state index in [0.717, 1.165) is 22.0 Å². The highest BCUT2D eigenvalue weighted by atomic mass is 32.2. The molecule has 2 aromatic carbocycles. The Morgan fingerprint density at radius 2 is 1.69 bits per heavy atom. The molecule has 0 atom stereocenters. The minimum Gasteiger partial charge on any atom is -0.352 e. The highest BCUT2D eigenvalue weighted by Crippen LogP contribution is 2.19. The lowest BCUT2D eigenvalue weighted by molar-refractivity contribution is 0.0954. The number of H-pyrrole nitrogens is 1.